The van der Waals surface area contributed by atoms with Crippen LogP contribution in [0, 0.1) is 5.82 Å². The Bertz CT molecular complexity index is 767. The van der Waals surface area contributed by atoms with E-state index in [-0.39, 0.29) is 23.1 Å². The maximum absolute atomic E-state index is 13.6. The second kappa shape index (κ2) is 7.83. The van der Waals surface area contributed by atoms with Crippen LogP contribution in [-0.2, 0) is 19.1 Å². The summed E-state index contributed by atoms with van der Waals surface area (Å²) >= 11 is 3.46. The number of ketones is 1. The van der Waals surface area contributed by atoms with E-state index in [4.69, 9.17) is 15.2 Å². The molecule has 3 atom stereocenters. The molecule has 1 fully saturated rings. The molecule has 2 heterocycles. The molecule has 8 nitrogen and oxygen atoms in total. The van der Waals surface area contributed by atoms with Crippen molar-refractivity contribution in [1.29, 1.82) is 0 Å². The first-order chi connectivity index (χ1) is 12.0. The molecule has 3 unspecified atom stereocenters. The average molecular weight is 434 g/mol. The first-order valence-corrected chi connectivity index (χ1v) is 8.99. The van der Waals surface area contributed by atoms with Gasteiger partial charge in [-0.25, -0.2) is 9.18 Å². The van der Waals surface area contributed by atoms with Gasteiger partial charge in [0.1, 0.15) is 6.23 Å². The molecule has 0 aromatic carbocycles. The van der Waals surface area contributed by atoms with Crippen molar-refractivity contribution >= 4 is 33.5 Å². The zero-order valence-electron chi connectivity index (χ0n) is 14.7. The van der Waals surface area contributed by atoms with Gasteiger partial charge in [0.2, 0.25) is 0 Å². The number of carbonyl (C=O) groups is 2. The van der Waals surface area contributed by atoms with Crippen molar-refractivity contribution in [3.8, 4) is 0 Å². The van der Waals surface area contributed by atoms with Gasteiger partial charge in [-0.1, -0.05) is 15.9 Å². The van der Waals surface area contributed by atoms with Crippen LogP contribution in [0.15, 0.2) is 11.0 Å². The fourth-order valence-corrected chi connectivity index (χ4v) is 3.48. The minimum atomic E-state index is -1.22. The lowest BCUT2D eigenvalue weighted by molar-refractivity contribution is -0.162. The standard InChI is InChI=1S/C16H21BrFN3O5/c1-8(22)26-16(2,3)12(23)5-4-11-9(17)6-13(25-11)21-7-10(18)14(19)20-15(21)24/h7,9,11,13H,4-6H2,1-3H3,(H2,19,20,24). The predicted molar refractivity (Wildman–Crippen MR) is 94.2 cm³/mol. The maximum Gasteiger partial charge on any atom is 0.351 e. The Balaban J connectivity index is 2.01. The summed E-state index contributed by atoms with van der Waals surface area (Å²) in [5.41, 5.74) is 3.35. The molecule has 144 valence electrons. The fourth-order valence-electron chi connectivity index (χ4n) is 2.77. The number of hydrogen-bond donors (Lipinski definition) is 1. The Hall–Kier alpha value is -1.81. The van der Waals surface area contributed by atoms with Crippen LogP contribution in [-0.4, -0.2) is 37.8 Å². The zero-order chi connectivity index (χ0) is 19.6. The Morgan fingerprint density at radius 1 is 1.54 bits per heavy atom. The van der Waals surface area contributed by atoms with Gasteiger partial charge in [0, 0.05) is 24.6 Å². The molecular weight excluding hydrogens is 413 g/mol. The molecular formula is C16H21BrFN3O5. The van der Waals surface area contributed by atoms with E-state index in [0.717, 1.165) is 10.8 Å². The van der Waals surface area contributed by atoms with Crippen molar-refractivity contribution in [3.63, 3.8) is 0 Å². The molecule has 1 aliphatic heterocycles. The van der Waals surface area contributed by atoms with Crippen LogP contribution in [0.1, 0.15) is 46.3 Å². The first kappa shape index (κ1) is 20.5. The third kappa shape index (κ3) is 4.67. The van der Waals surface area contributed by atoms with E-state index < -0.39 is 35.1 Å². The summed E-state index contributed by atoms with van der Waals surface area (Å²) in [4.78, 5) is 38.5. The molecule has 1 aromatic rings. The molecule has 0 radical (unpaired) electrons. The number of anilines is 1. The minimum absolute atomic E-state index is 0.128. The summed E-state index contributed by atoms with van der Waals surface area (Å²) in [6.07, 6.45) is 0.767. The molecule has 0 aliphatic carbocycles. The Labute approximate surface area is 158 Å². The lowest BCUT2D eigenvalue weighted by atomic mass is 9.97. The predicted octanol–water partition coefficient (Wildman–Crippen LogP) is 1.71. The molecule has 1 aromatic heterocycles. The molecule has 0 bridgehead atoms. The van der Waals surface area contributed by atoms with Crippen LogP contribution < -0.4 is 11.4 Å². The largest absolute Gasteiger partial charge is 0.452 e. The van der Waals surface area contributed by atoms with E-state index in [1.807, 2.05) is 0 Å². The van der Waals surface area contributed by atoms with E-state index in [9.17, 15) is 18.8 Å². The molecule has 26 heavy (non-hydrogen) atoms. The number of nitrogens with zero attached hydrogens (tertiary/aromatic N) is 2. The second-order valence-electron chi connectivity index (χ2n) is 6.61. The van der Waals surface area contributed by atoms with Crippen LogP contribution in [0.3, 0.4) is 0 Å². The SMILES string of the molecule is CC(=O)OC(C)(C)C(=O)CCC1OC(n2cc(F)c(N)nc2=O)CC1Br. The van der Waals surface area contributed by atoms with E-state index in [0.29, 0.717) is 12.8 Å². The van der Waals surface area contributed by atoms with Crippen LogP contribution in [0.25, 0.3) is 0 Å². The number of halogens is 2. The summed E-state index contributed by atoms with van der Waals surface area (Å²) in [7, 11) is 0. The smallest absolute Gasteiger partial charge is 0.351 e. The Morgan fingerprint density at radius 3 is 2.81 bits per heavy atom. The van der Waals surface area contributed by atoms with Gasteiger partial charge >= 0.3 is 11.7 Å². The van der Waals surface area contributed by atoms with Gasteiger partial charge in [-0.3, -0.25) is 14.2 Å². The Kier molecular flexibility index (Phi) is 6.17. The number of esters is 1. The summed E-state index contributed by atoms with van der Waals surface area (Å²) in [6, 6.07) is 0. The number of aromatic nitrogens is 2. The normalized spacial score (nSPS) is 23.0. The van der Waals surface area contributed by atoms with Gasteiger partial charge in [0.05, 0.1) is 12.3 Å². The van der Waals surface area contributed by atoms with Gasteiger partial charge in [-0.15, -0.1) is 0 Å². The number of nitrogens with two attached hydrogens (primary N) is 1. The number of carbonyl (C=O) groups excluding carboxylic acids is 2. The maximum atomic E-state index is 13.6. The zero-order valence-corrected chi connectivity index (χ0v) is 16.3. The van der Waals surface area contributed by atoms with E-state index in [1.54, 1.807) is 0 Å². The van der Waals surface area contributed by atoms with Crippen LogP contribution in [0.4, 0.5) is 10.2 Å². The lowest BCUT2D eigenvalue weighted by Gasteiger charge is -2.24. The van der Waals surface area contributed by atoms with Crippen LogP contribution in [0.2, 0.25) is 0 Å². The highest BCUT2D eigenvalue weighted by atomic mass is 79.9. The number of Topliss-reactive ketones (excluding diaryl/α,β-unsaturated/α-hetero) is 1. The Morgan fingerprint density at radius 2 is 2.19 bits per heavy atom. The van der Waals surface area contributed by atoms with Gasteiger partial charge in [0.25, 0.3) is 0 Å². The molecule has 0 saturated carbocycles. The lowest BCUT2D eigenvalue weighted by Crippen LogP contribution is -2.37. The first-order valence-electron chi connectivity index (χ1n) is 8.08. The van der Waals surface area contributed by atoms with E-state index in [2.05, 4.69) is 20.9 Å². The van der Waals surface area contributed by atoms with Crippen LogP contribution in [0.5, 0.6) is 0 Å². The van der Waals surface area contributed by atoms with Gasteiger partial charge in [-0.05, 0) is 20.3 Å². The molecule has 2 rings (SSSR count). The monoisotopic (exact) mass is 433 g/mol. The van der Waals surface area contributed by atoms with Crippen molar-refractivity contribution in [1.82, 2.24) is 9.55 Å². The number of nitrogen functional groups attached to an aromatic ring is 1. The number of ether oxygens (including phenoxy) is 2. The van der Waals surface area contributed by atoms with Gasteiger partial charge < -0.3 is 15.2 Å². The quantitative estimate of drug-likeness (QED) is 0.536. The molecule has 1 saturated heterocycles. The topological polar surface area (TPSA) is 114 Å². The average Bonchev–Trinajstić information content (AvgIpc) is 2.88. The van der Waals surface area contributed by atoms with Crippen molar-refractivity contribution in [3.05, 3.63) is 22.5 Å². The summed E-state index contributed by atoms with van der Waals surface area (Å²) in [6.45, 7) is 4.30. The number of alkyl halides is 1. The molecule has 10 heteroatoms. The molecule has 0 spiro atoms. The van der Waals surface area contributed by atoms with Crippen molar-refractivity contribution in [2.75, 3.05) is 5.73 Å². The molecule has 1 aliphatic rings. The second-order valence-corrected chi connectivity index (χ2v) is 7.79. The summed E-state index contributed by atoms with van der Waals surface area (Å²) < 4.78 is 25.5. The highest BCUT2D eigenvalue weighted by Crippen LogP contribution is 2.35. The third-order valence-corrected chi connectivity index (χ3v) is 5.10. The van der Waals surface area contributed by atoms with Crippen LogP contribution >= 0.6 is 15.9 Å². The van der Waals surface area contributed by atoms with E-state index in [1.165, 1.54) is 20.8 Å². The molecule has 2 N–H and O–H groups in total. The van der Waals surface area contributed by atoms with Crippen molar-refractivity contribution < 1.29 is 23.5 Å². The van der Waals surface area contributed by atoms with Gasteiger partial charge in [-0.2, -0.15) is 4.98 Å². The molecule has 0 amide bonds. The van der Waals surface area contributed by atoms with Crippen molar-refractivity contribution in [2.24, 2.45) is 0 Å². The fraction of sp³-hybridized carbons (Fsp3) is 0.625. The number of hydrogen-bond acceptors (Lipinski definition) is 7. The summed E-state index contributed by atoms with van der Waals surface area (Å²) in [5.74, 6) is -2.04. The van der Waals surface area contributed by atoms with Gasteiger partial charge in [0.15, 0.2) is 23.0 Å². The van der Waals surface area contributed by atoms with Crippen molar-refractivity contribution in [2.45, 2.75) is 62.8 Å². The minimum Gasteiger partial charge on any atom is -0.452 e. The highest BCUT2D eigenvalue weighted by Gasteiger charge is 2.37. The number of rotatable bonds is 6. The highest BCUT2D eigenvalue weighted by molar-refractivity contribution is 9.09. The summed E-state index contributed by atoms with van der Waals surface area (Å²) in [5, 5.41) is 0. The van der Waals surface area contributed by atoms with E-state index >= 15 is 0 Å². The third-order valence-electron chi connectivity index (χ3n) is 4.13.